The van der Waals surface area contributed by atoms with Crippen LogP contribution in [0.25, 0.3) is 237 Å². The molecule has 0 aliphatic heterocycles. The van der Waals surface area contributed by atoms with E-state index in [-0.39, 0.29) is 11.0 Å². The van der Waals surface area contributed by atoms with E-state index in [1.807, 2.05) is 352 Å². The Morgan fingerprint density at radius 2 is 0.388 bits per heavy atom. The number of nitrogens with zero attached hydrogens (tertiary/aromatic N) is 24. The molecule has 0 aliphatic carbocycles. The molecule has 0 aliphatic rings. The lowest BCUT2D eigenvalue weighted by molar-refractivity contribution is 0.591. The number of aromatic nitrogens is 24. The van der Waals surface area contributed by atoms with E-state index in [9.17, 15) is 0 Å². The van der Waals surface area contributed by atoms with E-state index in [1.54, 1.807) is 18.2 Å². The van der Waals surface area contributed by atoms with Crippen molar-refractivity contribution in [2.24, 2.45) is 0 Å². The van der Waals surface area contributed by atoms with Crippen molar-refractivity contribution in [1.82, 2.24) is 116 Å². The zero-order valence-electron chi connectivity index (χ0n) is 82.5. The normalized spacial score (nSPS) is 12.1. The van der Waals surface area contributed by atoms with Crippen LogP contribution >= 0.6 is 0 Å². The molecule has 0 bridgehead atoms. The summed E-state index contributed by atoms with van der Waals surface area (Å²) in [7, 11) is 0. The van der Waals surface area contributed by atoms with Crippen LogP contribution in [0.5, 0.6) is 0 Å². The molecule has 0 spiro atoms. The van der Waals surface area contributed by atoms with Crippen molar-refractivity contribution in [1.29, 1.82) is 0 Å². The first-order chi connectivity index (χ1) is 73.6. The fourth-order valence-corrected chi connectivity index (χ4v) is 19.2. The minimum atomic E-state index is -2.24. The summed E-state index contributed by atoms with van der Waals surface area (Å²) in [6, 6.07) is 149. The molecule has 147 heavy (non-hydrogen) atoms. The summed E-state index contributed by atoms with van der Waals surface area (Å²) in [5, 5.41) is 0. The van der Waals surface area contributed by atoms with E-state index >= 15 is 0 Å². The first-order valence-corrected chi connectivity index (χ1v) is 48.3. The Hall–Kier alpha value is -20.1. The van der Waals surface area contributed by atoms with Gasteiger partial charge >= 0.3 is 0 Å². The van der Waals surface area contributed by atoms with Crippen LogP contribution in [-0.2, 0) is 5.41 Å². The molecule has 698 valence electrons. The average Bonchev–Trinajstić information content (AvgIpc) is 1.57. The Labute approximate surface area is 845 Å². The third-order valence-corrected chi connectivity index (χ3v) is 26.2. The molecule has 24 heteroatoms. The molecule has 0 saturated carbocycles. The maximum absolute atomic E-state index is 7.97. The lowest BCUT2D eigenvalue weighted by atomic mass is 9.87. The number of rotatable bonds is 13. The van der Waals surface area contributed by atoms with E-state index in [1.165, 1.54) is 5.56 Å². The molecular weight excluding hydrogens is 1810 g/mol. The standard InChI is InChI=1S/C34H22N6.C32H26N6.C29H20N6.C28H18N6/c1-4-12-23(13-5-1)26-20-21-29-30(22-26)39-28-19-11-10-18-27(28)35-34(39)40(29)33-37-31(24-14-6-2-7-15-24)36-32(38-33)25-16-8-3-9-17-25;1-32(2,3)23-18-19-26-27(20-23)37-25-17-11-10-16-24(25)33-31(37)38(26)30-35-28(21-12-6-4-7-13-21)34-29(36-30)22-14-8-5-9-15-22;1-19-16-17-24-25(18-19)34-23-15-9-8-14-22(23)30-29(34)35(24)28-32-26(20-10-4-2-5-11-20)31-27(33-28)21-12-6-3-7-13-21;1-3-11-19(12-4-1)25-30-26(20-13-5-2-6-14-20)32-27(31-25)34-24-18-10-9-17-23(24)33-22-16-8-7-15-21(22)29-28(33)34/h1-22H;4-20H,1-3H3;2-18H,1H3;1-18H/i;;1D3;. The quantitative estimate of drug-likeness (QED) is 0.104. The van der Waals surface area contributed by atoms with Gasteiger partial charge in [-0.25, -0.2) is 58.1 Å². The van der Waals surface area contributed by atoms with Gasteiger partial charge in [-0.2, -0.15) is 39.9 Å². The predicted octanol–water partition coefficient (Wildman–Crippen LogP) is 27.1. The van der Waals surface area contributed by atoms with E-state index in [2.05, 4.69) is 136 Å². The lowest BCUT2D eigenvalue weighted by Crippen LogP contribution is -2.11. The first-order valence-electron chi connectivity index (χ1n) is 49.8. The SMILES string of the molecule is CC(C)(C)c1ccc2c(c1)n1c3ccccc3nc1n2-c1nc(-c2ccccc2)nc(-c2ccccc2)n1.[2H]C([2H])([2H])c1ccc2c(c1)n1c3ccccc3nc1n2-c1nc(-c2ccccc2)nc(-c2ccccc2)n1.c1ccc(-c2ccc3c(c2)n2c4ccccc4nc2n3-c2nc(-c3ccccc3)nc(-c3ccccc3)n2)cc1.c1ccc(-c2nc(-c3ccccc3)nc(-n3c4ccccc4n4c5ccccc5nc34)n2)cc1. The largest absolute Gasteiger partial charge is 0.276 e. The zero-order valence-corrected chi connectivity index (χ0v) is 79.5. The van der Waals surface area contributed by atoms with E-state index < -0.39 is 6.85 Å². The third kappa shape index (κ3) is 16.0. The van der Waals surface area contributed by atoms with Gasteiger partial charge in [-0.3, -0.25) is 17.6 Å². The van der Waals surface area contributed by atoms with Gasteiger partial charge in [-0.15, -0.1) is 0 Å². The van der Waals surface area contributed by atoms with Crippen LogP contribution in [0.4, 0.5) is 0 Å². The summed E-state index contributed by atoms with van der Waals surface area (Å²) < 4.78 is 40.5. The highest BCUT2D eigenvalue weighted by molar-refractivity contribution is 5.98. The van der Waals surface area contributed by atoms with Crippen molar-refractivity contribution in [3.05, 3.63) is 460 Å². The Bertz CT molecular complexity index is 9660. The summed E-state index contributed by atoms with van der Waals surface area (Å²) in [4.78, 5) is 79.0. The second kappa shape index (κ2) is 36.5. The molecule has 0 radical (unpaired) electrons. The van der Waals surface area contributed by atoms with E-state index in [0.29, 0.717) is 81.7 Å². The van der Waals surface area contributed by atoms with Crippen LogP contribution in [0.2, 0.25) is 0 Å². The van der Waals surface area contributed by atoms with E-state index in [4.69, 9.17) is 83.9 Å². The number of hydrogen-bond donors (Lipinski definition) is 0. The van der Waals surface area contributed by atoms with E-state index in [0.717, 1.165) is 156 Å². The van der Waals surface area contributed by atoms with Gasteiger partial charge < -0.3 is 0 Å². The van der Waals surface area contributed by atoms with Crippen LogP contribution < -0.4 is 0 Å². The molecule has 0 fully saturated rings. The summed E-state index contributed by atoms with van der Waals surface area (Å²) in [6.07, 6.45) is 0. The average molecular weight is 1900 g/mol. The van der Waals surface area contributed by atoms with Crippen LogP contribution in [0.1, 0.15) is 36.0 Å². The number of imidazole rings is 8. The van der Waals surface area contributed by atoms with Crippen molar-refractivity contribution in [3.63, 3.8) is 0 Å². The molecule has 12 heterocycles. The number of benzene rings is 17. The smallest absolute Gasteiger partial charge is 0.241 e. The maximum Gasteiger partial charge on any atom is 0.241 e. The zero-order chi connectivity index (χ0) is 101. The Morgan fingerprint density at radius 1 is 0.170 bits per heavy atom. The Morgan fingerprint density at radius 3 is 0.667 bits per heavy atom. The molecule has 24 nitrogen and oxygen atoms in total. The third-order valence-electron chi connectivity index (χ3n) is 26.2. The van der Waals surface area contributed by atoms with Gasteiger partial charge in [0, 0.05) is 48.6 Å². The summed E-state index contributed by atoms with van der Waals surface area (Å²) in [5.41, 5.74) is 26.3. The molecule has 0 atom stereocenters. The minimum Gasteiger partial charge on any atom is -0.276 e. The van der Waals surface area contributed by atoms with Gasteiger partial charge in [-0.05, 0) is 132 Å². The first kappa shape index (κ1) is 83.8. The van der Waals surface area contributed by atoms with Crippen molar-refractivity contribution in [2.75, 3.05) is 0 Å². The predicted molar refractivity (Wildman–Crippen MR) is 584 cm³/mol. The Kier molecular flexibility index (Phi) is 20.8. The molecule has 0 saturated heterocycles. The number of aryl methyl sites for hydroxylation is 1. The molecular formula is C123H86N24. The van der Waals surface area contributed by atoms with Gasteiger partial charge in [-0.1, -0.05) is 373 Å². The second-order valence-corrected chi connectivity index (χ2v) is 36.6. The van der Waals surface area contributed by atoms with Gasteiger partial charge in [0.1, 0.15) is 0 Å². The van der Waals surface area contributed by atoms with Crippen LogP contribution in [-0.4, -0.2) is 116 Å². The van der Waals surface area contributed by atoms with Gasteiger partial charge in [0.25, 0.3) is 0 Å². The second-order valence-electron chi connectivity index (χ2n) is 36.6. The molecule has 12 aromatic heterocycles. The van der Waals surface area contributed by atoms with Gasteiger partial charge in [0.2, 0.25) is 46.9 Å². The maximum atomic E-state index is 7.97. The van der Waals surface area contributed by atoms with Gasteiger partial charge in [0.15, 0.2) is 46.6 Å². The fourth-order valence-electron chi connectivity index (χ4n) is 19.2. The topological polar surface area (TPSA) is 244 Å². The van der Waals surface area contributed by atoms with Crippen molar-refractivity contribution >= 4 is 111 Å². The number of fused-ring (bicyclic) bond motifs is 20. The molecule has 29 aromatic rings. The molecule has 0 unspecified atom stereocenters. The highest BCUT2D eigenvalue weighted by Gasteiger charge is 2.29. The fraction of sp³-hybridized carbons (Fsp3) is 0.0407. The summed E-state index contributed by atoms with van der Waals surface area (Å²) in [5.74, 6) is 9.66. The molecule has 29 rings (SSSR count). The van der Waals surface area contributed by atoms with Crippen molar-refractivity contribution in [2.45, 2.75) is 33.0 Å². The Balaban J connectivity index is 0.000000101. The molecule has 0 amide bonds. The lowest BCUT2D eigenvalue weighted by Gasteiger charge is -2.19. The highest BCUT2D eigenvalue weighted by atomic mass is 15.3. The number of hydrogen-bond acceptors (Lipinski definition) is 16. The van der Waals surface area contributed by atoms with Crippen LogP contribution in [0, 0.1) is 6.85 Å². The monoisotopic (exact) mass is 1900 g/mol. The number of para-hydroxylation sites is 10. The minimum absolute atomic E-state index is 0.00707. The summed E-state index contributed by atoms with van der Waals surface area (Å²) >= 11 is 0. The van der Waals surface area contributed by atoms with Crippen molar-refractivity contribution in [3.8, 4) is 126 Å². The highest BCUT2D eigenvalue weighted by Crippen LogP contribution is 2.40. The van der Waals surface area contributed by atoms with Crippen molar-refractivity contribution < 1.29 is 4.11 Å². The summed E-state index contributed by atoms with van der Waals surface area (Å²) in [6.45, 7) is 4.46. The molecule has 17 aromatic carbocycles. The molecule has 0 N–H and O–H groups in total. The van der Waals surface area contributed by atoms with Crippen LogP contribution in [0.3, 0.4) is 0 Å². The van der Waals surface area contributed by atoms with Gasteiger partial charge in [0.05, 0.1) is 88.3 Å². The van der Waals surface area contributed by atoms with Crippen LogP contribution in [0.15, 0.2) is 449 Å².